The Morgan fingerprint density at radius 3 is 2.38 bits per heavy atom. The zero-order valence-electron chi connectivity index (χ0n) is 12.5. The van der Waals surface area contributed by atoms with Crippen molar-refractivity contribution in [2.24, 2.45) is 0 Å². The Kier molecular flexibility index (Phi) is 5.32. The molecule has 21 heavy (non-hydrogen) atoms. The predicted molar refractivity (Wildman–Crippen MR) is 84.3 cm³/mol. The van der Waals surface area contributed by atoms with E-state index < -0.39 is 0 Å². The summed E-state index contributed by atoms with van der Waals surface area (Å²) >= 11 is 0. The molecule has 0 radical (unpaired) electrons. The van der Waals surface area contributed by atoms with Crippen LogP contribution in [0, 0.1) is 0 Å². The molecule has 0 aliphatic rings. The van der Waals surface area contributed by atoms with Gasteiger partial charge in [-0.3, -0.25) is 0 Å². The number of nitrogen functional groups attached to an aromatic ring is 1. The molecule has 0 heterocycles. The van der Waals surface area contributed by atoms with Gasteiger partial charge in [-0.2, -0.15) is 0 Å². The van der Waals surface area contributed by atoms with Gasteiger partial charge in [-0.05, 0) is 37.6 Å². The highest BCUT2D eigenvalue weighted by Gasteiger charge is 2.08. The lowest BCUT2D eigenvalue weighted by Crippen LogP contribution is -2.00. The zero-order valence-corrected chi connectivity index (χ0v) is 12.5. The van der Waals surface area contributed by atoms with Crippen molar-refractivity contribution in [2.45, 2.75) is 20.3 Å². The van der Waals surface area contributed by atoms with Gasteiger partial charge in [-0.25, -0.2) is 0 Å². The minimum atomic E-state index is 0.507. The van der Waals surface area contributed by atoms with Crippen molar-refractivity contribution in [3.63, 3.8) is 0 Å². The second-order valence-electron chi connectivity index (χ2n) is 4.53. The van der Waals surface area contributed by atoms with Gasteiger partial charge >= 0.3 is 0 Å². The van der Waals surface area contributed by atoms with Gasteiger partial charge in [0.05, 0.1) is 13.2 Å². The summed E-state index contributed by atoms with van der Waals surface area (Å²) in [5.74, 6) is 2.68. The van der Waals surface area contributed by atoms with Crippen molar-refractivity contribution in [3.8, 4) is 23.0 Å². The molecule has 0 bridgehead atoms. The fourth-order valence-electron chi connectivity index (χ4n) is 1.87. The van der Waals surface area contributed by atoms with E-state index in [0.29, 0.717) is 36.1 Å². The van der Waals surface area contributed by atoms with Crippen LogP contribution in [0.5, 0.6) is 23.0 Å². The Bertz CT molecular complexity index is 584. The van der Waals surface area contributed by atoms with Crippen molar-refractivity contribution >= 4 is 5.69 Å². The quantitative estimate of drug-likeness (QED) is 0.773. The number of anilines is 1. The molecule has 112 valence electrons. The van der Waals surface area contributed by atoms with Gasteiger partial charge in [0.1, 0.15) is 22.9 Å². The van der Waals surface area contributed by atoms with Crippen molar-refractivity contribution in [3.05, 3.63) is 42.5 Å². The van der Waals surface area contributed by atoms with Gasteiger partial charge in [-0.1, -0.05) is 19.1 Å². The van der Waals surface area contributed by atoms with Crippen molar-refractivity contribution in [1.82, 2.24) is 0 Å². The second kappa shape index (κ2) is 7.43. The second-order valence-corrected chi connectivity index (χ2v) is 4.53. The minimum Gasteiger partial charge on any atom is -0.494 e. The maximum Gasteiger partial charge on any atom is 0.154 e. The molecule has 0 spiro atoms. The summed E-state index contributed by atoms with van der Waals surface area (Å²) in [4.78, 5) is 0. The molecule has 0 aliphatic carbocycles. The van der Waals surface area contributed by atoms with Gasteiger partial charge in [0.15, 0.2) is 5.75 Å². The number of benzene rings is 2. The van der Waals surface area contributed by atoms with Crippen LogP contribution < -0.4 is 19.9 Å². The Labute approximate surface area is 125 Å². The van der Waals surface area contributed by atoms with E-state index >= 15 is 0 Å². The smallest absolute Gasteiger partial charge is 0.154 e. The first kappa shape index (κ1) is 15.0. The normalized spacial score (nSPS) is 10.2. The largest absolute Gasteiger partial charge is 0.494 e. The van der Waals surface area contributed by atoms with E-state index in [9.17, 15) is 0 Å². The minimum absolute atomic E-state index is 0.507. The third-order valence-electron chi connectivity index (χ3n) is 2.83. The Hall–Kier alpha value is -2.36. The van der Waals surface area contributed by atoms with E-state index in [2.05, 4.69) is 6.92 Å². The first-order valence-electron chi connectivity index (χ1n) is 7.16. The fraction of sp³-hybridized carbons (Fsp3) is 0.294. The molecular weight excluding hydrogens is 266 g/mol. The molecule has 2 rings (SSSR count). The van der Waals surface area contributed by atoms with Crippen LogP contribution in [0.25, 0.3) is 0 Å². The fourth-order valence-corrected chi connectivity index (χ4v) is 1.87. The summed E-state index contributed by atoms with van der Waals surface area (Å²) in [6, 6.07) is 13.0. The molecule has 2 N–H and O–H groups in total. The van der Waals surface area contributed by atoms with E-state index in [0.717, 1.165) is 12.2 Å². The van der Waals surface area contributed by atoms with Crippen LogP contribution >= 0.6 is 0 Å². The SMILES string of the molecule is CCCOc1cccc(Oc2cccc(OCC)c2)c1N. The van der Waals surface area contributed by atoms with Crippen LogP contribution in [0.1, 0.15) is 20.3 Å². The molecule has 0 fully saturated rings. The summed E-state index contributed by atoms with van der Waals surface area (Å²) in [7, 11) is 0. The van der Waals surface area contributed by atoms with Gasteiger partial charge in [0.25, 0.3) is 0 Å². The highest BCUT2D eigenvalue weighted by molar-refractivity contribution is 5.63. The van der Waals surface area contributed by atoms with E-state index in [1.165, 1.54) is 0 Å². The lowest BCUT2D eigenvalue weighted by atomic mass is 10.2. The van der Waals surface area contributed by atoms with Crippen molar-refractivity contribution in [2.75, 3.05) is 18.9 Å². The number of ether oxygens (including phenoxy) is 3. The van der Waals surface area contributed by atoms with E-state index in [1.54, 1.807) is 0 Å². The molecular formula is C17H21NO3. The van der Waals surface area contributed by atoms with E-state index in [1.807, 2.05) is 49.4 Å². The summed E-state index contributed by atoms with van der Waals surface area (Å²) < 4.78 is 16.9. The van der Waals surface area contributed by atoms with Gasteiger partial charge < -0.3 is 19.9 Å². The molecule has 0 saturated heterocycles. The molecule has 0 unspecified atom stereocenters. The molecule has 0 aromatic heterocycles. The van der Waals surface area contributed by atoms with Crippen molar-refractivity contribution in [1.29, 1.82) is 0 Å². The zero-order chi connectivity index (χ0) is 15.1. The van der Waals surface area contributed by atoms with Crippen LogP contribution in [0.2, 0.25) is 0 Å². The Balaban J connectivity index is 2.17. The lowest BCUT2D eigenvalue weighted by molar-refractivity contribution is 0.317. The first-order valence-corrected chi connectivity index (χ1v) is 7.16. The van der Waals surface area contributed by atoms with Gasteiger partial charge in [-0.15, -0.1) is 0 Å². The van der Waals surface area contributed by atoms with Crippen LogP contribution in [-0.4, -0.2) is 13.2 Å². The molecule has 2 aromatic carbocycles. The predicted octanol–water partition coefficient (Wildman–Crippen LogP) is 4.25. The average Bonchev–Trinajstić information content (AvgIpc) is 2.49. The highest BCUT2D eigenvalue weighted by Crippen LogP contribution is 2.35. The maximum atomic E-state index is 6.09. The number of para-hydroxylation sites is 1. The average molecular weight is 287 g/mol. The number of rotatable bonds is 7. The maximum absolute atomic E-state index is 6.09. The number of hydrogen-bond donors (Lipinski definition) is 1. The van der Waals surface area contributed by atoms with Crippen LogP contribution in [-0.2, 0) is 0 Å². The summed E-state index contributed by atoms with van der Waals surface area (Å²) in [6.07, 6.45) is 0.931. The first-order chi connectivity index (χ1) is 10.2. The third-order valence-corrected chi connectivity index (χ3v) is 2.83. The number of nitrogens with two attached hydrogens (primary N) is 1. The molecule has 0 saturated carbocycles. The van der Waals surface area contributed by atoms with E-state index in [-0.39, 0.29) is 0 Å². The molecule has 0 aliphatic heterocycles. The summed E-state index contributed by atoms with van der Waals surface area (Å²) in [5, 5.41) is 0. The molecule has 4 nitrogen and oxygen atoms in total. The molecule has 4 heteroatoms. The van der Waals surface area contributed by atoms with Crippen LogP contribution in [0.4, 0.5) is 5.69 Å². The molecule has 0 atom stereocenters. The van der Waals surface area contributed by atoms with E-state index in [4.69, 9.17) is 19.9 Å². The lowest BCUT2D eigenvalue weighted by Gasteiger charge is -2.13. The summed E-state index contributed by atoms with van der Waals surface area (Å²) in [5.41, 5.74) is 6.59. The highest BCUT2D eigenvalue weighted by atomic mass is 16.5. The Morgan fingerprint density at radius 1 is 0.905 bits per heavy atom. The van der Waals surface area contributed by atoms with Gasteiger partial charge in [0.2, 0.25) is 0 Å². The topological polar surface area (TPSA) is 53.7 Å². The Morgan fingerprint density at radius 2 is 1.62 bits per heavy atom. The molecule has 2 aromatic rings. The third kappa shape index (κ3) is 4.05. The standard InChI is InChI=1S/C17H21NO3/c1-3-11-20-15-9-6-10-16(17(15)18)21-14-8-5-7-13(12-14)19-4-2/h5-10,12H,3-4,11,18H2,1-2H3. The summed E-state index contributed by atoms with van der Waals surface area (Å²) in [6.45, 7) is 5.25. The van der Waals surface area contributed by atoms with Crippen LogP contribution in [0.15, 0.2) is 42.5 Å². The molecule has 0 amide bonds. The van der Waals surface area contributed by atoms with Gasteiger partial charge in [0, 0.05) is 6.07 Å². The monoisotopic (exact) mass is 287 g/mol. The van der Waals surface area contributed by atoms with Crippen LogP contribution in [0.3, 0.4) is 0 Å². The van der Waals surface area contributed by atoms with Crippen molar-refractivity contribution < 1.29 is 14.2 Å². The number of hydrogen-bond acceptors (Lipinski definition) is 4.